The number of amides is 2. The van der Waals surface area contributed by atoms with E-state index < -0.39 is 0 Å². The van der Waals surface area contributed by atoms with Crippen molar-refractivity contribution in [3.63, 3.8) is 0 Å². The lowest BCUT2D eigenvalue weighted by Crippen LogP contribution is -2.50. The predicted molar refractivity (Wildman–Crippen MR) is 112 cm³/mol. The lowest BCUT2D eigenvalue weighted by atomic mass is 10.1. The fourth-order valence-electron chi connectivity index (χ4n) is 4.00. The van der Waals surface area contributed by atoms with Gasteiger partial charge in [-0.25, -0.2) is 4.98 Å². The van der Waals surface area contributed by atoms with Gasteiger partial charge in [-0.05, 0) is 24.1 Å². The first-order chi connectivity index (χ1) is 13.7. The molecule has 0 spiro atoms. The van der Waals surface area contributed by atoms with Gasteiger partial charge in [0.2, 0.25) is 11.8 Å². The van der Waals surface area contributed by atoms with Crippen LogP contribution in [-0.4, -0.2) is 54.4 Å². The van der Waals surface area contributed by atoms with Crippen LogP contribution in [0, 0.1) is 5.92 Å². The lowest BCUT2D eigenvalue weighted by molar-refractivity contribution is -0.136. The Labute approximate surface area is 169 Å². The van der Waals surface area contributed by atoms with Crippen LogP contribution in [0.5, 0.6) is 0 Å². The molecule has 2 aliphatic heterocycles. The number of rotatable bonds is 5. The number of anilines is 2. The number of piperazine rings is 1. The SMILES string of the molecule is CCCc1ccc(N2C[C@H](C(=O)N3CCN(c4nccs4)CC3)CC2=O)cc1. The Balaban J connectivity index is 1.35. The molecule has 0 radical (unpaired) electrons. The number of hydrogen-bond donors (Lipinski definition) is 0. The molecule has 2 aliphatic rings. The first-order valence-corrected chi connectivity index (χ1v) is 10.9. The molecule has 2 amide bonds. The van der Waals surface area contributed by atoms with E-state index >= 15 is 0 Å². The fourth-order valence-corrected chi connectivity index (χ4v) is 4.70. The predicted octanol–water partition coefficient (Wildman–Crippen LogP) is 2.80. The number of benzene rings is 1. The Kier molecular flexibility index (Phi) is 5.62. The molecule has 2 fully saturated rings. The first kappa shape index (κ1) is 18.9. The number of thiazole rings is 1. The molecular formula is C21H26N4O2S. The van der Waals surface area contributed by atoms with E-state index in [1.807, 2.05) is 28.6 Å². The lowest BCUT2D eigenvalue weighted by Gasteiger charge is -2.35. The van der Waals surface area contributed by atoms with Crippen LogP contribution in [-0.2, 0) is 16.0 Å². The van der Waals surface area contributed by atoms with Crippen molar-refractivity contribution < 1.29 is 9.59 Å². The van der Waals surface area contributed by atoms with Crippen molar-refractivity contribution in [2.24, 2.45) is 5.92 Å². The molecule has 2 saturated heterocycles. The van der Waals surface area contributed by atoms with Crippen molar-refractivity contribution >= 4 is 34.0 Å². The summed E-state index contributed by atoms with van der Waals surface area (Å²) in [6.07, 6.45) is 4.27. The van der Waals surface area contributed by atoms with Gasteiger partial charge in [0.1, 0.15) is 0 Å². The summed E-state index contributed by atoms with van der Waals surface area (Å²) >= 11 is 1.63. The highest BCUT2D eigenvalue weighted by atomic mass is 32.1. The maximum Gasteiger partial charge on any atom is 0.228 e. The zero-order chi connectivity index (χ0) is 19.5. The Hall–Kier alpha value is -2.41. The van der Waals surface area contributed by atoms with Gasteiger partial charge in [0.05, 0.1) is 5.92 Å². The van der Waals surface area contributed by atoms with Gasteiger partial charge in [0.15, 0.2) is 5.13 Å². The highest BCUT2D eigenvalue weighted by Gasteiger charge is 2.38. The molecule has 6 nitrogen and oxygen atoms in total. The minimum atomic E-state index is -0.241. The molecule has 0 aliphatic carbocycles. The monoisotopic (exact) mass is 398 g/mol. The van der Waals surface area contributed by atoms with E-state index in [0.717, 1.165) is 36.8 Å². The number of carbonyl (C=O) groups is 2. The zero-order valence-corrected chi connectivity index (χ0v) is 17.0. The molecule has 0 N–H and O–H groups in total. The van der Waals surface area contributed by atoms with Crippen molar-refractivity contribution in [3.8, 4) is 0 Å². The van der Waals surface area contributed by atoms with E-state index in [2.05, 4.69) is 28.9 Å². The molecule has 7 heteroatoms. The number of nitrogens with zero attached hydrogens (tertiary/aromatic N) is 4. The fraction of sp³-hybridized carbons (Fsp3) is 0.476. The number of aromatic nitrogens is 1. The van der Waals surface area contributed by atoms with Gasteiger partial charge in [-0.3, -0.25) is 9.59 Å². The van der Waals surface area contributed by atoms with Gasteiger partial charge < -0.3 is 14.7 Å². The molecule has 148 valence electrons. The molecule has 0 unspecified atom stereocenters. The minimum Gasteiger partial charge on any atom is -0.345 e. The maximum absolute atomic E-state index is 13.0. The van der Waals surface area contributed by atoms with Gasteiger partial charge in [0.25, 0.3) is 0 Å². The molecule has 4 rings (SSSR count). The van der Waals surface area contributed by atoms with Crippen LogP contribution < -0.4 is 9.80 Å². The molecule has 1 aromatic heterocycles. The highest BCUT2D eigenvalue weighted by Crippen LogP contribution is 2.27. The summed E-state index contributed by atoms with van der Waals surface area (Å²) in [5.74, 6) is -0.0884. The Morgan fingerprint density at radius 1 is 1.18 bits per heavy atom. The molecule has 0 saturated carbocycles. The van der Waals surface area contributed by atoms with Gasteiger partial charge in [0, 0.05) is 56.4 Å². The number of aryl methyl sites for hydroxylation is 1. The van der Waals surface area contributed by atoms with Crippen LogP contribution >= 0.6 is 11.3 Å². The van der Waals surface area contributed by atoms with Crippen LogP contribution in [0.3, 0.4) is 0 Å². The Bertz CT molecular complexity index is 813. The number of hydrogen-bond acceptors (Lipinski definition) is 5. The molecule has 28 heavy (non-hydrogen) atoms. The average molecular weight is 399 g/mol. The van der Waals surface area contributed by atoms with Crippen LogP contribution in [0.4, 0.5) is 10.8 Å². The van der Waals surface area contributed by atoms with Crippen molar-refractivity contribution in [2.45, 2.75) is 26.2 Å². The summed E-state index contributed by atoms with van der Waals surface area (Å²) in [5.41, 5.74) is 2.18. The van der Waals surface area contributed by atoms with Crippen LogP contribution in [0.25, 0.3) is 0 Å². The van der Waals surface area contributed by atoms with Gasteiger partial charge in [-0.15, -0.1) is 11.3 Å². The topological polar surface area (TPSA) is 56.8 Å². The van der Waals surface area contributed by atoms with E-state index in [-0.39, 0.29) is 17.7 Å². The third kappa shape index (κ3) is 3.90. The van der Waals surface area contributed by atoms with Crippen molar-refractivity contribution in [2.75, 3.05) is 42.5 Å². The molecule has 1 aromatic carbocycles. The van der Waals surface area contributed by atoms with E-state index in [0.29, 0.717) is 26.1 Å². The highest BCUT2D eigenvalue weighted by molar-refractivity contribution is 7.13. The molecular weight excluding hydrogens is 372 g/mol. The van der Waals surface area contributed by atoms with Gasteiger partial charge in [-0.2, -0.15) is 0 Å². The molecule has 0 bridgehead atoms. The van der Waals surface area contributed by atoms with E-state index in [1.54, 1.807) is 16.2 Å². The van der Waals surface area contributed by atoms with E-state index in [4.69, 9.17) is 0 Å². The Morgan fingerprint density at radius 3 is 2.57 bits per heavy atom. The smallest absolute Gasteiger partial charge is 0.228 e. The summed E-state index contributed by atoms with van der Waals surface area (Å²) in [4.78, 5) is 35.8. The standard InChI is InChI=1S/C21H26N4O2S/c1-2-3-16-4-6-18(7-5-16)25-15-17(14-19(25)26)20(27)23-9-11-24(12-10-23)21-22-8-13-28-21/h4-8,13,17H,2-3,9-12,14-15H2,1H3/t17-/m1/s1. The summed E-state index contributed by atoms with van der Waals surface area (Å²) < 4.78 is 0. The minimum absolute atomic E-state index is 0.0445. The summed E-state index contributed by atoms with van der Waals surface area (Å²) in [5, 5.41) is 2.99. The van der Waals surface area contributed by atoms with Crippen LogP contribution in [0.1, 0.15) is 25.3 Å². The third-order valence-electron chi connectivity index (χ3n) is 5.54. The number of carbonyl (C=O) groups excluding carboxylic acids is 2. The molecule has 1 atom stereocenters. The second-order valence-electron chi connectivity index (χ2n) is 7.45. The van der Waals surface area contributed by atoms with E-state index in [1.165, 1.54) is 5.56 Å². The Morgan fingerprint density at radius 2 is 1.93 bits per heavy atom. The molecule has 3 heterocycles. The second kappa shape index (κ2) is 8.31. The normalized spacial score (nSPS) is 20.1. The molecule has 2 aromatic rings. The average Bonchev–Trinajstić information content (AvgIpc) is 3.39. The van der Waals surface area contributed by atoms with Crippen LogP contribution in [0.2, 0.25) is 0 Å². The van der Waals surface area contributed by atoms with Crippen molar-refractivity contribution in [1.82, 2.24) is 9.88 Å². The summed E-state index contributed by atoms with van der Waals surface area (Å²) in [6, 6.07) is 8.17. The largest absolute Gasteiger partial charge is 0.345 e. The maximum atomic E-state index is 13.0. The first-order valence-electron chi connectivity index (χ1n) is 9.98. The van der Waals surface area contributed by atoms with Gasteiger partial charge >= 0.3 is 0 Å². The van der Waals surface area contributed by atoms with Crippen molar-refractivity contribution in [1.29, 1.82) is 0 Å². The summed E-state index contributed by atoms with van der Waals surface area (Å²) in [7, 11) is 0. The quantitative estimate of drug-likeness (QED) is 0.777. The zero-order valence-electron chi connectivity index (χ0n) is 16.2. The summed E-state index contributed by atoms with van der Waals surface area (Å²) in [6.45, 7) is 5.61. The van der Waals surface area contributed by atoms with Crippen LogP contribution in [0.15, 0.2) is 35.8 Å². The third-order valence-corrected chi connectivity index (χ3v) is 6.37. The second-order valence-corrected chi connectivity index (χ2v) is 8.32. The van der Waals surface area contributed by atoms with E-state index in [9.17, 15) is 9.59 Å². The van der Waals surface area contributed by atoms with Gasteiger partial charge in [-0.1, -0.05) is 25.5 Å². The van der Waals surface area contributed by atoms with Crippen molar-refractivity contribution in [3.05, 3.63) is 41.4 Å².